The van der Waals surface area contributed by atoms with Gasteiger partial charge < -0.3 is 5.32 Å². The van der Waals surface area contributed by atoms with Crippen LogP contribution in [0.5, 0.6) is 0 Å². The lowest BCUT2D eigenvalue weighted by Crippen LogP contribution is -2.27. The third-order valence-corrected chi connectivity index (χ3v) is 5.01. The second-order valence-electron chi connectivity index (χ2n) is 6.64. The van der Waals surface area contributed by atoms with Crippen LogP contribution in [0, 0.1) is 5.92 Å². The summed E-state index contributed by atoms with van der Waals surface area (Å²) in [5.74, 6) is 1.18. The summed E-state index contributed by atoms with van der Waals surface area (Å²) in [7, 11) is 0. The van der Waals surface area contributed by atoms with E-state index in [0.717, 1.165) is 12.3 Å². The molecule has 1 fully saturated rings. The first kappa shape index (κ1) is 16.0. The first-order chi connectivity index (χ1) is 11.3. The van der Waals surface area contributed by atoms with Gasteiger partial charge in [-0.25, -0.2) is 0 Å². The highest BCUT2D eigenvalue weighted by molar-refractivity contribution is 5.39. The molecular weight excluding hydrogens is 278 g/mol. The van der Waals surface area contributed by atoms with Crippen LogP contribution < -0.4 is 5.32 Å². The summed E-state index contributed by atoms with van der Waals surface area (Å²) >= 11 is 0. The van der Waals surface area contributed by atoms with Gasteiger partial charge in [-0.3, -0.25) is 0 Å². The standard InChI is InChI=1S/C22H27N/c1-18(12-13-19-14-16-23-17-15-19)22(20-8-4-2-5-9-20)21-10-6-3-7-11-21/h2-11,19,22-23H,1,12-17H2. The molecule has 0 saturated carbocycles. The van der Waals surface area contributed by atoms with Crippen LogP contribution >= 0.6 is 0 Å². The summed E-state index contributed by atoms with van der Waals surface area (Å²) in [5.41, 5.74) is 4.06. The van der Waals surface area contributed by atoms with Crippen molar-refractivity contribution in [3.05, 3.63) is 83.9 Å². The minimum Gasteiger partial charge on any atom is -0.317 e. The van der Waals surface area contributed by atoms with Gasteiger partial charge in [-0.2, -0.15) is 0 Å². The Morgan fingerprint density at radius 1 is 0.913 bits per heavy atom. The zero-order valence-corrected chi connectivity index (χ0v) is 13.9. The third kappa shape index (κ3) is 4.33. The van der Waals surface area contributed by atoms with E-state index in [1.807, 2.05) is 0 Å². The van der Waals surface area contributed by atoms with Gasteiger partial charge in [0.25, 0.3) is 0 Å². The number of hydrogen-bond donors (Lipinski definition) is 1. The van der Waals surface area contributed by atoms with Crippen LogP contribution in [-0.2, 0) is 0 Å². The van der Waals surface area contributed by atoms with Gasteiger partial charge in [0.15, 0.2) is 0 Å². The van der Waals surface area contributed by atoms with Crippen molar-refractivity contribution < 1.29 is 0 Å². The molecule has 3 rings (SSSR count). The molecule has 0 radical (unpaired) electrons. The first-order valence-electron chi connectivity index (χ1n) is 8.83. The minimum atomic E-state index is 0.319. The lowest BCUT2D eigenvalue weighted by atomic mass is 9.81. The fourth-order valence-corrected chi connectivity index (χ4v) is 3.66. The number of hydrogen-bond acceptors (Lipinski definition) is 1. The summed E-state index contributed by atoms with van der Waals surface area (Å²) in [6.07, 6.45) is 5.03. The third-order valence-electron chi connectivity index (χ3n) is 5.01. The van der Waals surface area contributed by atoms with Crippen molar-refractivity contribution in [2.75, 3.05) is 13.1 Å². The largest absolute Gasteiger partial charge is 0.317 e. The van der Waals surface area contributed by atoms with Gasteiger partial charge in [-0.1, -0.05) is 72.8 Å². The molecule has 1 saturated heterocycles. The van der Waals surface area contributed by atoms with Crippen molar-refractivity contribution in [1.29, 1.82) is 0 Å². The molecule has 120 valence electrons. The molecular formula is C22H27N. The van der Waals surface area contributed by atoms with Crippen molar-refractivity contribution in [3.63, 3.8) is 0 Å². The van der Waals surface area contributed by atoms with E-state index >= 15 is 0 Å². The molecule has 0 spiro atoms. The van der Waals surface area contributed by atoms with Gasteiger partial charge >= 0.3 is 0 Å². The lowest BCUT2D eigenvalue weighted by Gasteiger charge is -2.25. The zero-order valence-electron chi connectivity index (χ0n) is 13.9. The highest BCUT2D eigenvalue weighted by Gasteiger charge is 2.19. The Balaban J connectivity index is 1.74. The van der Waals surface area contributed by atoms with Crippen LogP contribution in [-0.4, -0.2) is 13.1 Å². The number of nitrogens with one attached hydrogen (secondary N) is 1. The van der Waals surface area contributed by atoms with E-state index in [4.69, 9.17) is 0 Å². The Kier molecular flexibility index (Phi) is 5.65. The quantitative estimate of drug-likeness (QED) is 0.727. The molecule has 1 heterocycles. The van der Waals surface area contributed by atoms with E-state index in [1.165, 1.54) is 49.1 Å². The van der Waals surface area contributed by atoms with E-state index in [2.05, 4.69) is 72.6 Å². The highest BCUT2D eigenvalue weighted by atomic mass is 14.9. The van der Waals surface area contributed by atoms with Crippen LogP contribution in [0.3, 0.4) is 0 Å². The van der Waals surface area contributed by atoms with E-state index in [9.17, 15) is 0 Å². The Hall–Kier alpha value is -1.86. The Bertz CT molecular complexity index is 557. The van der Waals surface area contributed by atoms with Gasteiger partial charge in [-0.15, -0.1) is 0 Å². The molecule has 1 aliphatic rings. The maximum absolute atomic E-state index is 4.48. The van der Waals surface area contributed by atoms with Crippen molar-refractivity contribution in [1.82, 2.24) is 5.32 Å². The number of piperidine rings is 1. The van der Waals surface area contributed by atoms with Gasteiger partial charge in [0.1, 0.15) is 0 Å². The minimum absolute atomic E-state index is 0.319. The van der Waals surface area contributed by atoms with E-state index in [-0.39, 0.29) is 0 Å². The maximum Gasteiger partial charge on any atom is 0.0296 e. The van der Waals surface area contributed by atoms with E-state index < -0.39 is 0 Å². The molecule has 0 unspecified atom stereocenters. The van der Waals surface area contributed by atoms with E-state index in [0.29, 0.717) is 5.92 Å². The van der Waals surface area contributed by atoms with Gasteiger partial charge in [0.2, 0.25) is 0 Å². The van der Waals surface area contributed by atoms with E-state index in [1.54, 1.807) is 0 Å². The molecule has 0 bridgehead atoms. The molecule has 1 aliphatic heterocycles. The van der Waals surface area contributed by atoms with Gasteiger partial charge in [0, 0.05) is 5.92 Å². The molecule has 23 heavy (non-hydrogen) atoms. The second kappa shape index (κ2) is 8.12. The topological polar surface area (TPSA) is 12.0 Å². The SMILES string of the molecule is C=C(CCC1CCNCC1)C(c1ccccc1)c1ccccc1. The molecule has 0 amide bonds. The normalized spacial score (nSPS) is 15.7. The van der Waals surface area contributed by atoms with Crippen LogP contribution in [0.25, 0.3) is 0 Å². The lowest BCUT2D eigenvalue weighted by molar-refractivity contribution is 0.353. The van der Waals surface area contributed by atoms with Gasteiger partial charge in [-0.05, 0) is 55.8 Å². The molecule has 0 aromatic heterocycles. The van der Waals surface area contributed by atoms with Crippen molar-refractivity contribution in [2.24, 2.45) is 5.92 Å². The zero-order chi connectivity index (χ0) is 15.9. The van der Waals surface area contributed by atoms with Crippen LogP contribution in [0.1, 0.15) is 42.7 Å². The summed E-state index contributed by atoms with van der Waals surface area (Å²) in [4.78, 5) is 0. The Morgan fingerprint density at radius 2 is 1.43 bits per heavy atom. The Morgan fingerprint density at radius 3 is 1.96 bits per heavy atom. The van der Waals surface area contributed by atoms with Crippen molar-refractivity contribution in [2.45, 2.75) is 31.6 Å². The maximum atomic E-state index is 4.48. The number of rotatable bonds is 6. The molecule has 0 atom stereocenters. The van der Waals surface area contributed by atoms with Crippen LogP contribution in [0.15, 0.2) is 72.8 Å². The average Bonchev–Trinajstić information content (AvgIpc) is 2.63. The van der Waals surface area contributed by atoms with Crippen molar-refractivity contribution in [3.8, 4) is 0 Å². The first-order valence-corrected chi connectivity index (χ1v) is 8.83. The fourth-order valence-electron chi connectivity index (χ4n) is 3.66. The summed E-state index contributed by atoms with van der Waals surface area (Å²) in [6.45, 7) is 6.83. The van der Waals surface area contributed by atoms with Crippen LogP contribution in [0.4, 0.5) is 0 Å². The molecule has 1 nitrogen and oxygen atoms in total. The smallest absolute Gasteiger partial charge is 0.0296 e. The summed E-state index contributed by atoms with van der Waals surface area (Å²) in [6, 6.07) is 21.6. The molecule has 2 aromatic carbocycles. The molecule has 2 aromatic rings. The number of allylic oxidation sites excluding steroid dienone is 1. The van der Waals surface area contributed by atoms with Crippen LogP contribution in [0.2, 0.25) is 0 Å². The average molecular weight is 305 g/mol. The van der Waals surface area contributed by atoms with Gasteiger partial charge in [0.05, 0.1) is 0 Å². The fraction of sp³-hybridized carbons (Fsp3) is 0.364. The summed E-state index contributed by atoms with van der Waals surface area (Å²) < 4.78 is 0. The molecule has 1 N–H and O–H groups in total. The molecule has 1 heteroatoms. The number of benzene rings is 2. The highest BCUT2D eigenvalue weighted by Crippen LogP contribution is 2.34. The molecule has 0 aliphatic carbocycles. The predicted molar refractivity (Wildman–Crippen MR) is 98.7 cm³/mol. The van der Waals surface area contributed by atoms with Crippen molar-refractivity contribution >= 4 is 0 Å². The predicted octanol–water partition coefficient (Wildman–Crippen LogP) is 5.15. The summed E-state index contributed by atoms with van der Waals surface area (Å²) in [5, 5.41) is 3.45. The Labute approximate surface area is 140 Å². The monoisotopic (exact) mass is 305 g/mol. The second-order valence-corrected chi connectivity index (χ2v) is 6.64.